The number of nitrogens with zero attached hydrogens (tertiary/aromatic N) is 3. The van der Waals surface area contributed by atoms with Crippen LogP contribution in [0.25, 0.3) is 0 Å². The van der Waals surface area contributed by atoms with Gasteiger partial charge in [0.2, 0.25) is 0 Å². The normalized spacial score (nSPS) is 28.3. The van der Waals surface area contributed by atoms with Crippen LogP contribution in [0.5, 0.6) is 0 Å². The summed E-state index contributed by atoms with van der Waals surface area (Å²) >= 11 is 0. The number of hydrogen-bond donors (Lipinski definition) is 2. The fraction of sp³-hybridized carbons (Fsp3) is 0.400. The summed E-state index contributed by atoms with van der Waals surface area (Å²) in [5.74, 6) is -0.0854. The van der Waals surface area contributed by atoms with E-state index in [0.29, 0.717) is 12.5 Å². The summed E-state index contributed by atoms with van der Waals surface area (Å²) in [5.41, 5.74) is 2.44. The molecule has 1 unspecified atom stereocenters. The number of allylic oxidation sites excluding steroid dienone is 4. The predicted molar refractivity (Wildman–Crippen MR) is 77.3 cm³/mol. The molecule has 6 nitrogen and oxygen atoms in total. The Morgan fingerprint density at radius 2 is 2.29 bits per heavy atom. The molecule has 2 N–H and O–H groups in total. The first kappa shape index (κ1) is 13.6. The Kier molecular flexibility index (Phi) is 3.60. The maximum Gasteiger partial charge on any atom is 0.358 e. The highest BCUT2D eigenvalue weighted by Gasteiger charge is 2.24. The van der Waals surface area contributed by atoms with Gasteiger partial charge in [0.1, 0.15) is 0 Å². The van der Waals surface area contributed by atoms with Crippen LogP contribution < -0.4 is 5.32 Å². The van der Waals surface area contributed by atoms with Crippen molar-refractivity contribution in [3.05, 3.63) is 47.6 Å². The van der Waals surface area contributed by atoms with Crippen molar-refractivity contribution in [1.29, 1.82) is 0 Å². The minimum atomic E-state index is -1.06. The van der Waals surface area contributed by atoms with Gasteiger partial charge in [-0.1, -0.05) is 24.3 Å². The summed E-state index contributed by atoms with van der Waals surface area (Å²) in [6, 6.07) is 0. The van der Waals surface area contributed by atoms with Gasteiger partial charge in [-0.05, 0) is 35.8 Å². The zero-order chi connectivity index (χ0) is 14.8. The average Bonchev–Trinajstić information content (AvgIpc) is 3.17. The number of aromatic nitrogens is 3. The third kappa shape index (κ3) is 3.21. The summed E-state index contributed by atoms with van der Waals surface area (Å²) in [6.45, 7) is 2.64. The minimum absolute atomic E-state index is 0.0338. The number of carboxylic acids is 1. The van der Waals surface area contributed by atoms with Gasteiger partial charge in [-0.15, -0.1) is 5.10 Å². The molecule has 1 aliphatic carbocycles. The Hall–Kier alpha value is -2.37. The molecular weight excluding hydrogens is 268 g/mol. The number of aromatic carboxylic acids is 1. The van der Waals surface area contributed by atoms with Gasteiger partial charge < -0.3 is 10.4 Å². The highest BCUT2D eigenvalue weighted by molar-refractivity contribution is 5.84. The topological polar surface area (TPSA) is 80.0 Å². The number of carboxylic acid groups (broad SMARTS) is 1. The van der Waals surface area contributed by atoms with Gasteiger partial charge in [-0.2, -0.15) is 0 Å². The first-order chi connectivity index (χ1) is 10.1. The Morgan fingerprint density at radius 3 is 2.95 bits per heavy atom. The molecule has 1 aromatic rings. The first-order valence-corrected chi connectivity index (χ1v) is 7.10. The summed E-state index contributed by atoms with van der Waals surface area (Å²) in [4.78, 5) is 10.8. The molecule has 0 aromatic carbocycles. The number of hydrogen-bond acceptors (Lipinski definition) is 4. The van der Waals surface area contributed by atoms with Crippen LogP contribution in [0.3, 0.4) is 0 Å². The van der Waals surface area contributed by atoms with Gasteiger partial charge in [0.05, 0.1) is 12.7 Å². The predicted octanol–water partition coefficient (Wildman–Crippen LogP) is 1.95. The second-order valence-corrected chi connectivity index (χ2v) is 5.56. The molecule has 0 amide bonds. The highest BCUT2D eigenvalue weighted by atomic mass is 16.4. The maximum atomic E-state index is 10.8. The van der Waals surface area contributed by atoms with Gasteiger partial charge >= 0.3 is 5.97 Å². The molecule has 1 atom stereocenters. The van der Waals surface area contributed by atoms with Crippen LogP contribution in [-0.4, -0.2) is 26.1 Å². The minimum Gasteiger partial charge on any atom is -0.476 e. The zero-order valence-corrected chi connectivity index (χ0v) is 11.9. The smallest absolute Gasteiger partial charge is 0.358 e. The van der Waals surface area contributed by atoms with Gasteiger partial charge in [-0.25, -0.2) is 9.48 Å². The summed E-state index contributed by atoms with van der Waals surface area (Å²) in [7, 11) is 0. The largest absolute Gasteiger partial charge is 0.476 e. The molecule has 110 valence electrons. The molecule has 2 aliphatic rings. The van der Waals surface area contributed by atoms with E-state index in [9.17, 15) is 4.79 Å². The molecule has 21 heavy (non-hydrogen) atoms. The Bertz CT molecular complexity index is 638. The Labute approximate surface area is 122 Å². The van der Waals surface area contributed by atoms with E-state index in [1.54, 1.807) is 4.68 Å². The van der Waals surface area contributed by atoms with Crippen molar-refractivity contribution >= 4 is 5.97 Å². The Balaban J connectivity index is 1.73. The summed E-state index contributed by atoms with van der Waals surface area (Å²) < 4.78 is 1.55. The monoisotopic (exact) mass is 286 g/mol. The lowest BCUT2D eigenvalue weighted by Gasteiger charge is -2.15. The van der Waals surface area contributed by atoms with E-state index in [0.717, 1.165) is 5.57 Å². The van der Waals surface area contributed by atoms with E-state index in [4.69, 9.17) is 5.11 Å². The van der Waals surface area contributed by atoms with Crippen LogP contribution in [0, 0.1) is 11.8 Å². The molecular formula is C15H18N4O2. The molecule has 0 saturated heterocycles. The van der Waals surface area contributed by atoms with Crippen molar-refractivity contribution in [3.8, 4) is 0 Å². The fourth-order valence-corrected chi connectivity index (χ4v) is 2.32. The molecule has 1 aliphatic heterocycles. The van der Waals surface area contributed by atoms with Crippen molar-refractivity contribution in [2.75, 3.05) is 0 Å². The van der Waals surface area contributed by atoms with Crippen LogP contribution in [-0.2, 0) is 6.54 Å². The standard InChI is InChI=1S/C15H18N4O2/c1-10-2-3-12(11-4-5-11)6-16-7-13(10)8-19-9-14(15(20)21)17-18-19/h2-3,6-7,9-11,16H,4-5,8H2,1H3,(H,20,21)/b3-2-,12-6+,13-7-. The second-order valence-electron chi connectivity index (χ2n) is 5.56. The molecule has 6 heteroatoms. The molecule has 0 radical (unpaired) electrons. The Morgan fingerprint density at radius 1 is 1.48 bits per heavy atom. The number of carbonyl (C=O) groups is 1. The molecule has 0 spiro atoms. The van der Waals surface area contributed by atoms with Crippen LogP contribution >= 0.6 is 0 Å². The molecule has 0 bridgehead atoms. The third-order valence-corrected chi connectivity index (χ3v) is 3.83. The van der Waals surface area contributed by atoms with Crippen molar-refractivity contribution < 1.29 is 9.90 Å². The van der Waals surface area contributed by atoms with Crippen LogP contribution in [0.15, 0.2) is 41.9 Å². The van der Waals surface area contributed by atoms with E-state index >= 15 is 0 Å². The van der Waals surface area contributed by atoms with Gasteiger partial charge in [0.15, 0.2) is 5.69 Å². The van der Waals surface area contributed by atoms with E-state index in [2.05, 4.69) is 34.7 Å². The summed E-state index contributed by atoms with van der Waals surface area (Å²) in [6.07, 6.45) is 12.4. The van der Waals surface area contributed by atoms with Crippen LogP contribution in [0.2, 0.25) is 0 Å². The fourth-order valence-electron chi connectivity index (χ4n) is 2.32. The summed E-state index contributed by atoms with van der Waals surface area (Å²) in [5, 5.41) is 19.6. The van der Waals surface area contributed by atoms with Crippen molar-refractivity contribution in [2.24, 2.45) is 11.8 Å². The van der Waals surface area contributed by atoms with E-state index in [-0.39, 0.29) is 11.6 Å². The average molecular weight is 286 g/mol. The lowest BCUT2D eigenvalue weighted by atomic mass is 9.98. The quantitative estimate of drug-likeness (QED) is 0.884. The second kappa shape index (κ2) is 5.55. The SMILES string of the molecule is CC1/C=C\C(C2CC2)=C/N/C=C\1Cn1cc(C(=O)O)nn1. The molecule has 3 rings (SSSR count). The van der Waals surface area contributed by atoms with E-state index < -0.39 is 5.97 Å². The maximum absolute atomic E-state index is 10.8. The van der Waals surface area contributed by atoms with E-state index in [1.807, 2.05) is 12.4 Å². The van der Waals surface area contributed by atoms with Crippen molar-refractivity contribution in [3.63, 3.8) is 0 Å². The molecule has 2 heterocycles. The third-order valence-electron chi connectivity index (χ3n) is 3.83. The van der Waals surface area contributed by atoms with Crippen LogP contribution in [0.1, 0.15) is 30.3 Å². The van der Waals surface area contributed by atoms with Gasteiger partial charge in [0.25, 0.3) is 0 Å². The molecule has 1 saturated carbocycles. The highest BCUT2D eigenvalue weighted by Crippen LogP contribution is 2.37. The molecule has 1 aromatic heterocycles. The van der Waals surface area contributed by atoms with Crippen LogP contribution in [0.4, 0.5) is 0 Å². The number of rotatable bonds is 4. The zero-order valence-electron chi connectivity index (χ0n) is 11.9. The lowest BCUT2D eigenvalue weighted by molar-refractivity contribution is 0.0690. The van der Waals surface area contributed by atoms with Crippen molar-refractivity contribution in [1.82, 2.24) is 20.3 Å². The lowest BCUT2D eigenvalue weighted by Crippen LogP contribution is -2.12. The van der Waals surface area contributed by atoms with Gasteiger partial charge in [-0.3, -0.25) is 0 Å². The van der Waals surface area contributed by atoms with Crippen molar-refractivity contribution in [2.45, 2.75) is 26.3 Å². The molecule has 1 fully saturated rings. The number of nitrogens with one attached hydrogen (secondary N) is 1. The van der Waals surface area contributed by atoms with E-state index in [1.165, 1.54) is 24.6 Å². The van der Waals surface area contributed by atoms with Gasteiger partial charge in [0, 0.05) is 12.4 Å². The first-order valence-electron chi connectivity index (χ1n) is 7.10.